The minimum absolute atomic E-state index is 0.272. The molecular formula is C14H18O6. The summed E-state index contributed by atoms with van der Waals surface area (Å²) in [4.78, 5) is 0. The van der Waals surface area contributed by atoms with E-state index in [9.17, 15) is 10.2 Å². The van der Waals surface area contributed by atoms with Crippen molar-refractivity contribution in [3.05, 3.63) is 35.9 Å². The first-order valence-electron chi connectivity index (χ1n) is 6.57. The van der Waals surface area contributed by atoms with E-state index in [0.717, 1.165) is 5.56 Å². The lowest BCUT2D eigenvalue weighted by Gasteiger charge is -2.45. The molecule has 2 N–H and O–H groups in total. The minimum Gasteiger partial charge on any atom is -0.387 e. The molecule has 1 aromatic rings. The van der Waals surface area contributed by atoms with Gasteiger partial charge < -0.3 is 29.2 Å². The van der Waals surface area contributed by atoms with E-state index in [1.165, 1.54) is 7.11 Å². The summed E-state index contributed by atoms with van der Waals surface area (Å²) < 4.78 is 21.9. The summed E-state index contributed by atoms with van der Waals surface area (Å²) in [5.41, 5.74) is 0.863. The predicted octanol–water partition coefficient (Wildman–Crippen LogP) is 0.194. The topological polar surface area (TPSA) is 77.4 Å². The van der Waals surface area contributed by atoms with Crippen LogP contribution in [0.2, 0.25) is 0 Å². The first kappa shape index (κ1) is 13.9. The van der Waals surface area contributed by atoms with Gasteiger partial charge in [-0.05, 0) is 0 Å². The second-order valence-corrected chi connectivity index (χ2v) is 4.94. The van der Waals surface area contributed by atoms with Crippen LogP contribution in [-0.4, -0.2) is 54.6 Å². The van der Waals surface area contributed by atoms with Gasteiger partial charge in [0.1, 0.15) is 24.4 Å². The molecule has 6 atom stereocenters. The number of ether oxygens (including phenoxy) is 4. The number of rotatable bonds is 2. The Hall–Kier alpha value is -1.02. The molecular weight excluding hydrogens is 264 g/mol. The van der Waals surface area contributed by atoms with Gasteiger partial charge in [0.2, 0.25) is 0 Å². The number of hydrogen-bond donors (Lipinski definition) is 2. The molecule has 6 nitrogen and oxygen atoms in total. The maximum absolute atomic E-state index is 10.1. The van der Waals surface area contributed by atoms with Gasteiger partial charge in [-0.25, -0.2) is 0 Å². The molecule has 0 amide bonds. The van der Waals surface area contributed by atoms with Gasteiger partial charge in [0.05, 0.1) is 6.61 Å². The molecule has 2 fully saturated rings. The highest BCUT2D eigenvalue weighted by Gasteiger charge is 2.48. The number of fused-ring (bicyclic) bond motifs is 1. The Morgan fingerprint density at radius 1 is 1.10 bits per heavy atom. The van der Waals surface area contributed by atoms with Crippen LogP contribution >= 0.6 is 0 Å². The number of hydrogen-bond acceptors (Lipinski definition) is 6. The van der Waals surface area contributed by atoms with Crippen molar-refractivity contribution in [2.75, 3.05) is 13.7 Å². The maximum Gasteiger partial charge on any atom is 0.186 e. The highest BCUT2D eigenvalue weighted by atomic mass is 16.7. The highest BCUT2D eigenvalue weighted by Crippen LogP contribution is 2.33. The van der Waals surface area contributed by atoms with E-state index in [-0.39, 0.29) is 6.61 Å². The van der Waals surface area contributed by atoms with Crippen molar-refractivity contribution in [1.29, 1.82) is 0 Å². The second-order valence-electron chi connectivity index (χ2n) is 4.94. The van der Waals surface area contributed by atoms with Crippen LogP contribution in [0.5, 0.6) is 0 Å². The Kier molecular flexibility index (Phi) is 4.02. The number of methoxy groups -OCH3 is 1. The van der Waals surface area contributed by atoms with Gasteiger partial charge in [0, 0.05) is 12.7 Å². The first-order chi connectivity index (χ1) is 9.70. The van der Waals surface area contributed by atoms with E-state index in [2.05, 4.69) is 0 Å². The largest absolute Gasteiger partial charge is 0.387 e. The Labute approximate surface area is 116 Å². The number of benzene rings is 1. The van der Waals surface area contributed by atoms with E-state index >= 15 is 0 Å². The Balaban J connectivity index is 1.74. The van der Waals surface area contributed by atoms with Gasteiger partial charge in [-0.15, -0.1) is 0 Å². The third kappa shape index (κ3) is 2.46. The molecule has 20 heavy (non-hydrogen) atoms. The standard InChI is InChI=1S/C14H18O6/c1-17-14-11(16)10(15)12-9(19-14)7-18-13(20-12)8-5-3-2-4-6-8/h2-6,9-16H,7H2,1H3/t9-,10+,11+,12-,13?,14+/m1/s1. The SMILES string of the molecule is CO[C@H]1O[C@@H]2COC(c3ccccc3)O[C@H]2[C@@H](O)[C@@H]1O. The summed E-state index contributed by atoms with van der Waals surface area (Å²) in [6.07, 6.45) is -4.76. The quantitative estimate of drug-likeness (QED) is 0.806. The molecule has 2 heterocycles. The number of aliphatic hydroxyl groups is 2. The fourth-order valence-corrected chi connectivity index (χ4v) is 2.55. The van der Waals surface area contributed by atoms with Gasteiger partial charge in [-0.1, -0.05) is 30.3 Å². The van der Waals surface area contributed by atoms with Crippen LogP contribution in [0.25, 0.3) is 0 Å². The fraction of sp³-hybridized carbons (Fsp3) is 0.571. The second kappa shape index (κ2) is 5.77. The van der Waals surface area contributed by atoms with Crippen molar-refractivity contribution in [3.8, 4) is 0 Å². The smallest absolute Gasteiger partial charge is 0.186 e. The summed E-state index contributed by atoms with van der Waals surface area (Å²) in [5.74, 6) is 0. The lowest BCUT2D eigenvalue weighted by Crippen LogP contribution is -2.62. The molecule has 1 unspecified atom stereocenters. The third-order valence-electron chi connectivity index (χ3n) is 3.64. The first-order valence-corrected chi connectivity index (χ1v) is 6.57. The van der Waals surface area contributed by atoms with Crippen LogP contribution in [0.4, 0.5) is 0 Å². The van der Waals surface area contributed by atoms with Crippen molar-refractivity contribution in [1.82, 2.24) is 0 Å². The Morgan fingerprint density at radius 2 is 1.85 bits per heavy atom. The zero-order chi connectivity index (χ0) is 14.1. The highest BCUT2D eigenvalue weighted by molar-refractivity contribution is 5.16. The Morgan fingerprint density at radius 3 is 2.55 bits per heavy atom. The average Bonchev–Trinajstić information content (AvgIpc) is 2.51. The van der Waals surface area contributed by atoms with E-state index in [0.29, 0.717) is 0 Å². The van der Waals surface area contributed by atoms with Crippen LogP contribution in [0.1, 0.15) is 11.9 Å². The molecule has 0 bridgehead atoms. The lowest BCUT2D eigenvalue weighted by molar-refractivity contribution is -0.358. The normalized spacial score (nSPS) is 41.1. The molecule has 0 saturated carbocycles. The van der Waals surface area contributed by atoms with Crippen molar-refractivity contribution < 1.29 is 29.2 Å². The maximum atomic E-state index is 10.1. The summed E-state index contributed by atoms with van der Waals surface area (Å²) in [6, 6.07) is 9.45. The molecule has 1 aromatic carbocycles. The zero-order valence-corrected chi connectivity index (χ0v) is 11.1. The van der Waals surface area contributed by atoms with Crippen LogP contribution in [0.15, 0.2) is 30.3 Å². The average molecular weight is 282 g/mol. The molecule has 2 saturated heterocycles. The summed E-state index contributed by atoms with van der Waals surface area (Å²) >= 11 is 0. The third-order valence-corrected chi connectivity index (χ3v) is 3.64. The molecule has 0 radical (unpaired) electrons. The van der Waals surface area contributed by atoms with Crippen LogP contribution in [-0.2, 0) is 18.9 Å². The Bertz CT molecular complexity index is 437. The van der Waals surface area contributed by atoms with E-state index in [1.807, 2.05) is 30.3 Å². The fourth-order valence-electron chi connectivity index (χ4n) is 2.55. The van der Waals surface area contributed by atoms with Crippen molar-refractivity contribution in [3.63, 3.8) is 0 Å². The molecule has 0 spiro atoms. The summed E-state index contributed by atoms with van der Waals surface area (Å²) in [7, 11) is 1.41. The number of aliphatic hydroxyl groups excluding tert-OH is 2. The van der Waals surface area contributed by atoms with Crippen molar-refractivity contribution in [2.24, 2.45) is 0 Å². The van der Waals surface area contributed by atoms with Crippen LogP contribution < -0.4 is 0 Å². The predicted molar refractivity (Wildman–Crippen MR) is 67.7 cm³/mol. The van der Waals surface area contributed by atoms with E-state index < -0.39 is 37.0 Å². The van der Waals surface area contributed by atoms with Crippen molar-refractivity contribution in [2.45, 2.75) is 37.0 Å². The summed E-state index contributed by atoms with van der Waals surface area (Å²) in [6.45, 7) is 0.272. The van der Waals surface area contributed by atoms with Crippen LogP contribution in [0, 0.1) is 0 Å². The van der Waals surface area contributed by atoms with Gasteiger partial charge in [0.25, 0.3) is 0 Å². The van der Waals surface area contributed by atoms with Crippen LogP contribution in [0.3, 0.4) is 0 Å². The molecule has 0 aromatic heterocycles. The van der Waals surface area contributed by atoms with E-state index in [1.54, 1.807) is 0 Å². The zero-order valence-electron chi connectivity index (χ0n) is 11.1. The molecule has 6 heteroatoms. The molecule has 3 rings (SSSR count). The van der Waals surface area contributed by atoms with E-state index in [4.69, 9.17) is 18.9 Å². The van der Waals surface area contributed by atoms with Gasteiger partial charge in [-0.2, -0.15) is 0 Å². The minimum atomic E-state index is -1.14. The monoisotopic (exact) mass is 282 g/mol. The summed E-state index contributed by atoms with van der Waals surface area (Å²) in [5, 5.41) is 20.1. The molecule has 2 aliphatic heterocycles. The molecule has 110 valence electrons. The van der Waals surface area contributed by atoms with Gasteiger partial charge >= 0.3 is 0 Å². The van der Waals surface area contributed by atoms with Gasteiger partial charge in [0.15, 0.2) is 12.6 Å². The molecule has 0 aliphatic carbocycles. The van der Waals surface area contributed by atoms with Crippen molar-refractivity contribution >= 4 is 0 Å². The molecule has 2 aliphatic rings. The van der Waals surface area contributed by atoms with Gasteiger partial charge in [-0.3, -0.25) is 0 Å². The lowest BCUT2D eigenvalue weighted by atomic mass is 9.98.